The molecule has 0 saturated heterocycles. The second kappa shape index (κ2) is 7.96. The number of esters is 2. The molecule has 1 aliphatic rings. The van der Waals surface area contributed by atoms with Gasteiger partial charge in [0.2, 0.25) is 5.78 Å². The highest BCUT2D eigenvalue weighted by molar-refractivity contribution is 6.11. The fraction of sp³-hybridized carbons (Fsp3) is 0.529. The van der Waals surface area contributed by atoms with Crippen molar-refractivity contribution in [2.45, 2.75) is 33.2 Å². The number of nitrogens with zero attached hydrogens (tertiary/aromatic N) is 3. The van der Waals surface area contributed by atoms with Crippen molar-refractivity contribution in [2.75, 3.05) is 27.3 Å². The van der Waals surface area contributed by atoms with E-state index >= 15 is 0 Å². The minimum atomic E-state index is -0.589. The summed E-state index contributed by atoms with van der Waals surface area (Å²) in [6, 6.07) is 0. The summed E-state index contributed by atoms with van der Waals surface area (Å²) < 4.78 is 11.2. The number of allylic oxidation sites excluding steroid dienone is 1. The van der Waals surface area contributed by atoms with Gasteiger partial charge in [-0.05, 0) is 26.7 Å². The first-order chi connectivity index (χ1) is 11.9. The summed E-state index contributed by atoms with van der Waals surface area (Å²) in [5, 5.41) is 4.18. The van der Waals surface area contributed by atoms with Crippen LogP contribution in [0.2, 0.25) is 0 Å². The lowest BCUT2D eigenvalue weighted by Gasteiger charge is -2.18. The Morgan fingerprint density at radius 1 is 1.20 bits per heavy atom. The van der Waals surface area contributed by atoms with E-state index in [4.69, 9.17) is 9.47 Å². The molecule has 1 aromatic heterocycles. The Morgan fingerprint density at radius 3 is 2.48 bits per heavy atom. The van der Waals surface area contributed by atoms with E-state index in [1.807, 2.05) is 14.1 Å². The maximum Gasteiger partial charge on any atom is 0.359 e. The van der Waals surface area contributed by atoms with E-state index in [9.17, 15) is 14.4 Å². The van der Waals surface area contributed by atoms with Gasteiger partial charge in [-0.1, -0.05) is 0 Å². The summed E-state index contributed by atoms with van der Waals surface area (Å²) in [5.41, 5.74) is 1.50. The quantitative estimate of drug-likeness (QED) is 0.563. The van der Waals surface area contributed by atoms with Crippen molar-refractivity contribution in [3.8, 4) is 0 Å². The standard InChI is InChI=1S/C17H23N3O5/c1-5-24-13(21)10-20-15-12(14(18-20)17(23)25-6-2)8-7-11(16(15)22)9-19(3)4/h9H,5-8,10H2,1-4H3/b11-9-. The van der Waals surface area contributed by atoms with Crippen LogP contribution in [0.3, 0.4) is 0 Å². The van der Waals surface area contributed by atoms with Gasteiger partial charge in [0, 0.05) is 31.4 Å². The lowest BCUT2D eigenvalue weighted by molar-refractivity contribution is -0.144. The first-order valence-corrected chi connectivity index (χ1v) is 8.23. The Labute approximate surface area is 146 Å². The third-order valence-corrected chi connectivity index (χ3v) is 3.67. The highest BCUT2D eigenvalue weighted by atomic mass is 16.5. The summed E-state index contributed by atoms with van der Waals surface area (Å²) in [5.74, 6) is -1.34. The summed E-state index contributed by atoms with van der Waals surface area (Å²) in [6.45, 7) is 3.61. The van der Waals surface area contributed by atoms with Crippen LogP contribution in [0.15, 0.2) is 11.8 Å². The van der Waals surface area contributed by atoms with Gasteiger partial charge in [-0.3, -0.25) is 9.59 Å². The van der Waals surface area contributed by atoms with E-state index in [-0.39, 0.29) is 36.9 Å². The van der Waals surface area contributed by atoms with E-state index < -0.39 is 11.9 Å². The molecule has 0 N–H and O–H groups in total. The van der Waals surface area contributed by atoms with Crippen LogP contribution in [0.1, 0.15) is 46.8 Å². The molecule has 0 unspecified atom stereocenters. The van der Waals surface area contributed by atoms with Gasteiger partial charge in [-0.15, -0.1) is 0 Å². The lowest BCUT2D eigenvalue weighted by Crippen LogP contribution is -2.23. The summed E-state index contributed by atoms with van der Waals surface area (Å²) in [7, 11) is 3.66. The molecule has 8 heteroatoms. The Morgan fingerprint density at radius 2 is 1.88 bits per heavy atom. The molecule has 1 aliphatic carbocycles. The molecule has 25 heavy (non-hydrogen) atoms. The third kappa shape index (κ3) is 4.07. The molecule has 0 saturated carbocycles. The van der Waals surface area contributed by atoms with Gasteiger partial charge in [0.25, 0.3) is 0 Å². The predicted octanol–water partition coefficient (Wildman–Crippen LogP) is 1.20. The molecule has 1 heterocycles. The number of Topliss-reactive ketones (excluding diaryl/α,β-unsaturated/α-hetero) is 1. The molecule has 136 valence electrons. The molecule has 0 amide bonds. The largest absolute Gasteiger partial charge is 0.465 e. The molecule has 0 radical (unpaired) electrons. The fourth-order valence-corrected chi connectivity index (χ4v) is 2.76. The van der Waals surface area contributed by atoms with E-state index in [1.54, 1.807) is 24.9 Å². The molecule has 0 atom stereocenters. The molecule has 0 fully saturated rings. The summed E-state index contributed by atoms with van der Waals surface area (Å²) in [6.07, 6.45) is 2.73. The number of hydrogen-bond acceptors (Lipinski definition) is 7. The van der Waals surface area contributed by atoms with Gasteiger partial charge in [0.1, 0.15) is 12.2 Å². The van der Waals surface area contributed by atoms with Crippen LogP contribution in [0.5, 0.6) is 0 Å². The number of rotatable bonds is 6. The zero-order valence-electron chi connectivity index (χ0n) is 15.0. The van der Waals surface area contributed by atoms with Gasteiger partial charge < -0.3 is 14.4 Å². The smallest absolute Gasteiger partial charge is 0.359 e. The van der Waals surface area contributed by atoms with Gasteiger partial charge in [0.05, 0.1) is 13.2 Å². The van der Waals surface area contributed by atoms with E-state index in [0.29, 0.717) is 24.0 Å². The molecule has 0 aromatic carbocycles. The number of ketones is 1. The number of carbonyl (C=O) groups excluding carboxylic acids is 3. The number of aromatic nitrogens is 2. The van der Waals surface area contributed by atoms with Crippen LogP contribution in [0.25, 0.3) is 0 Å². The van der Waals surface area contributed by atoms with Crippen molar-refractivity contribution in [3.63, 3.8) is 0 Å². The molecule has 0 spiro atoms. The lowest BCUT2D eigenvalue weighted by atomic mass is 9.90. The van der Waals surface area contributed by atoms with E-state index in [2.05, 4.69) is 5.10 Å². The van der Waals surface area contributed by atoms with Crippen LogP contribution in [-0.2, 0) is 27.2 Å². The monoisotopic (exact) mass is 349 g/mol. The summed E-state index contributed by atoms with van der Waals surface area (Å²) >= 11 is 0. The maximum absolute atomic E-state index is 12.8. The zero-order valence-corrected chi connectivity index (χ0v) is 15.0. The molecule has 1 aromatic rings. The zero-order chi connectivity index (χ0) is 18.6. The number of fused-ring (bicyclic) bond motifs is 1. The topological polar surface area (TPSA) is 90.7 Å². The van der Waals surface area contributed by atoms with Gasteiger partial charge >= 0.3 is 11.9 Å². The van der Waals surface area contributed by atoms with Crippen LogP contribution < -0.4 is 0 Å². The van der Waals surface area contributed by atoms with Crippen molar-refractivity contribution >= 4 is 17.7 Å². The van der Waals surface area contributed by atoms with Crippen molar-refractivity contribution < 1.29 is 23.9 Å². The molecular formula is C17H23N3O5. The van der Waals surface area contributed by atoms with Crippen molar-refractivity contribution in [3.05, 3.63) is 28.7 Å². The Bertz CT molecular complexity index is 718. The number of ether oxygens (including phenoxy) is 2. The minimum Gasteiger partial charge on any atom is -0.465 e. The molecular weight excluding hydrogens is 326 g/mol. The van der Waals surface area contributed by atoms with Crippen LogP contribution >= 0.6 is 0 Å². The van der Waals surface area contributed by atoms with Gasteiger partial charge in [-0.2, -0.15) is 5.10 Å². The fourth-order valence-electron chi connectivity index (χ4n) is 2.76. The highest BCUT2D eigenvalue weighted by Crippen LogP contribution is 2.28. The normalized spacial score (nSPS) is 15.0. The average Bonchev–Trinajstić information content (AvgIpc) is 2.89. The number of hydrogen-bond donors (Lipinski definition) is 0. The Kier molecular flexibility index (Phi) is 5.95. The predicted molar refractivity (Wildman–Crippen MR) is 89.2 cm³/mol. The maximum atomic E-state index is 12.8. The second-order valence-electron chi connectivity index (χ2n) is 5.81. The number of carbonyl (C=O) groups is 3. The van der Waals surface area contributed by atoms with Crippen LogP contribution in [0.4, 0.5) is 0 Å². The third-order valence-electron chi connectivity index (χ3n) is 3.67. The van der Waals surface area contributed by atoms with Gasteiger partial charge in [-0.25, -0.2) is 9.48 Å². The molecule has 8 nitrogen and oxygen atoms in total. The van der Waals surface area contributed by atoms with Crippen LogP contribution in [0, 0.1) is 0 Å². The van der Waals surface area contributed by atoms with Crippen molar-refractivity contribution in [2.24, 2.45) is 0 Å². The Balaban J connectivity index is 2.48. The van der Waals surface area contributed by atoms with E-state index in [1.165, 1.54) is 4.68 Å². The first kappa shape index (κ1) is 18.7. The minimum absolute atomic E-state index is 0.0957. The summed E-state index contributed by atoms with van der Waals surface area (Å²) in [4.78, 5) is 38.6. The highest BCUT2D eigenvalue weighted by Gasteiger charge is 2.33. The van der Waals surface area contributed by atoms with E-state index in [0.717, 1.165) is 0 Å². The molecule has 0 aliphatic heterocycles. The van der Waals surface area contributed by atoms with Crippen LogP contribution in [-0.4, -0.2) is 59.7 Å². The molecule has 2 rings (SSSR count). The first-order valence-electron chi connectivity index (χ1n) is 8.23. The van der Waals surface area contributed by atoms with Crippen molar-refractivity contribution in [1.29, 1.82) is 0 Å². The average molecular weight is 349 g/mol. The van der Waals surface area contributed by atoms with Crippen molar-refractivity contribution in [1.82, 2.24) is 14.7 Å². The second-order valence-corrected chi connectivity index (χ2v) is 5.81. The SMILES string of the molecule is CCOC(=O)Cn1nc(C(=O)OCC)c2c1C(=O)/C(=C\N(C)C)CC2. The molecule has 0 bridgehead atoms. The van der Waals surface area contributed by atoms with Gasteiger partial charge in [0.15, 0.2) is 5.69 Å². The Hall–Kier alpha value is -2.64.